The molecule has 8 heteroatoms. The van der Waals surface area contributed by atoms with Crippen molar-refractivity contribution in [2.75, 3.05) is 0 Å². The Morgan fingerprint density at radius 1 is 1.29 bits per heavy atom. The van der Waals surface area contributed by atoms with Crippen molar-refractivity contribution in [2.24, 2.45) is 0 Å². The first-order chi connectivity index (χ1) is 15.0. The third kappa shape index (κ3) is 3.65. The van der Waals surface area contributed by atoms with Crippen LogP contribution in [-0.4, -0.2) is 37.3 Å². The van der Waals surface area contributed by atoms with Crippen LogP contribution in [0.4, 0.5) is 0 Å². The van der Waals surface area contributed by atoms with E-state index in [4.69, 9.17) is 14.4 Å². The van der Waals surface area contributed by atoms with Crippen LogP contribution in [0.5, 0.6) is 5.88 Å². The minimum atomic E-state index is -0.769. The van der Waals surface area contributed by atoms with Gasteiger partial charge in [-0.25, -0.2) is 4.98 Å². The molecule has 1 aliphatic carbocycles. The molecule has 0 bridgehead atoms. The first-order valence-corrected chi connectivity index (χ1v) is 10.3. The molecule has 0 fully saturated rings. The lowest BCUT2D eigenvalue weighted by molar-refractivity contribution is -0.137. The monoisotopic (exact) mass is 418 g/mol. The van der Waals surface area contributed by atoms with E-state index in [0.717, 1.165) is 40.6 Å². The summed E-state index contributed by atoms with van der Waals surface area (Å²) in [5.41, 5.74) is 4.79. The van der Waals surface area contributed by atoms with E-state index in [-0.39, 0.29) is 18.4 Å². The lowest BCUT2D eigenvalue weighted by atomic mass is 10.0. The van der Waals surface area contributed by atoms with Crippen molar-refractivity contribution < 1.29 is 19.2 Å². The summed E-state index contributed by atoms with van der Waals surface area (Å²) in [7, 11) is 0. The highest BCUT2D eigenvalue weighted by Crippen LogP contribution is 2.40. The van der Waals surface area contributed by atoms with Gasteiger partial charge < -0.3 is 19.4 Å². The summed E-state index contributed by atoms with van der Waals surface area (Å²) in [5.74, 6) is 0.700. The number of benzene rings is 1. The summed E-state index contributed by atoms with van der Waals surface area (Å²) < 4.78 is 11.0. The molecule has 4 aromatic rings. The molecule has 1 aromatic carbocycles. The van der Waals surface area contributed by atoms with Gasteiger partial charge in [-0.15, -0.1) is 0 Å². The molecule has 3 aromatic heterocycles. The maximum Gasteiger partial charge on any atom is 0.304 e. The average Bonchev–Trinajstić information content (AvgIpc) is 3.44. The third-order valence-electron chi connectivity index (χ3n) is 5.54. The number of ether oxygens (including phenoxy) is 1. The van der Waals surface area contributed by atoms with E-state index >= 15 is 0 Å². The Kier molecular flexibility index (Phi) is 4.69. The Balaban J connectivity index is 1.43. The van der Waals surface area contributed by atoms with E-state index in [1.54, 1.807) is 12.3 Å². The minimum Gasteiger partial charge on any atom is -0.481 e. The van der Waals surface area contributed by atoms with Crippen molar-refractivity contribution in [3.05, 3.63) is 47.8 Å². The summed E-state index contributed by atoms with van der Waals surface area (Å²) in [6, 6.07) is 9.58. The number of nitrogens with one attached hydrogen (secondary N) is 1. The predicted molar refractivity (Wildman–Crippen MR) is 114 cm³/mol. The fraction of sp³-hybridized carbons (Fsp3) is 0.304. The van der Waals surface area contributed by atoms with Crippen molar-refractivity contribution in [1.29, 1.82) is 0 Å². The van der Waals surface area contributed by atoms with E-state index in [0.29, 0.717) is 17.6 Å². The topological polar surface area (TPSA) is 114 Å². The van der Waals surface area contributed by atoms with Crippen LogP contribution in [0.3, 0.4) is 0 Å². The van der Waals surface area contributed by atoms with Gasteiger partial charge in [0.25, 0.3) is 5.89 Å². The second-order valence-corrected chi connectivity index (χ2v) is 8.09. The van der Waals surface area contributed by atoms with Crippen LogP contribution >= 0.6 is 0 Å². The van der Waals surface area contributed by atoms with Gasteiger partial charge in [0.05, 0.1) is 18.1 Å². The second kappa shape index (κ2) is 7.54. The molecule has 0 amide bonds. The Labute approximate surface area is 178 Å². The van der Waals surface area contributed by atoms with Crippen LogP contribution in [0.1, 0.15) is 43.9 Å². The number of aromatic nitrogens is 4. The Bertz CT molecular complexity index is 1260. The zero-order chi connectivity index (χ0) is 21.5. The molecule has 3 heterocycles. The number of hydrogen-bond acceptors (Lipinski definition) is 6. The van der Waals surface area contributed by atoms with Gasteiger partial charge in [0.1, 0.15) is 0 Å². The van der Waals surface area contributed by atoms with Crippen LogP contribution in [0.25, 0.3) is 33.7 Å². The van der Waals surface area contributed by atoms with Crippen molar-refractivity contribution in [3.63, 3.8) is 0 Å². The molecule has 1 atom stereocenters. The maximum atomic E-state index is 11.2. The van der Waals surface area contributed by atoms with Gasteiger partial charge in [0.2, 0.25) is 11.7 Å². The van der Waals surface area contributed by atoms with Crippen molar-refractivity contribution in [2.45, 2.75) is 45.1 Å². The lowest BCUT2D eigenvalue weighted by Gasteiger charge is -2.07. The van der Waals surface area contributed by atoms with Crippen molar-refractivity contribution >= 4 is 16.9 Å². The zero-order valence-electron chi connectivity index (χ0n) is 17.3. The molecule has 158 valence electrons. The van der Waals surface area contributed by atoms with E-state index in [2.05, 4.69) is 20.1 Å². The first kappa shape index (κ1) is 19.3. The highest BCUT2D eigenvalue weighted by Gasteiger charge is 2.28. The number of fused-ring (bicyclic) bond motifs is 3. The first-order valence-electron chi connectivity index (χ1n) is 10.3. The van der Waals surface area contributed by atoms with Gasteiger partial charge in [-0.05, 0) is 56.5 Å². The molecule has 0 spiro atoms. The molecule has 1 unspecified atom stereocenters. The smallest absolute Gasteiger partial charge is 0.304 e. The number of H-pyrrole nitrogens is 1. The number of aliphatic carboxylic acids is 1. The van der Waals surface area contributed by atoms with Crippen LogP contribution in [0, 0.1) is 0 Å². The zero-order valence-corrected chi connectivity index (χ0v) is 17.3. The molecule has 0 aliphatic heterocycles. The molecule has 0 saturated carbocycles. The molecule has 5 rings (SSSR count). The third-order valence-corrected chi connectivity index (χ3v) is 5.54. The number of carbonyl (C=O) groups is 1. The van der Waals surface area contributed by atoms with Gasteiger partial charge in [-0.1, -0.05) is 5.16 Å². The van der Waals surface area contributed by atoms with Gasteiger partial charge in [0, 0.05) is 40.3 Å². The second-order valence-electron chi connectivity index (χ2n) is 8.09. The van der Waals surface area contributed by atoms with E-state index in [1.165, 1.54) is 5.56 Å². The van der Waals surface area contributed by atoms with Crippen molar-refractivity contribution in [3.8, 4) is 28.7 Å². The fourth-order valence-corrected chi connectivity index (χ4v) is 4.18. The van der Waals surface area contributed by atoms with Gasteiger partial charge in [-0.3, -0.25) is 4.79 Å². The lowest BCUT2D eigenvalue weighted by Crippen LogP contribution is -2.06. The van der Waals surface area contributed by atoms with Gasteiger partial charge in [0.15, 0.2) is 0 Å². The fourth-order valence-electron chi connectivity index (χ4n) is 4.18. The molecule has 1 aliphatic rings. The van der Waals surface area contributed by atoms with Crippen molar-refractivity contribution in [1.82, 2.24) is 20.1 Å². The van der Waals surface area contributed by atoms with Crippen LogP contribution in [0.15, 0.2) is 41.1 Å². The molecule has 0 saturated heterocycles. The average molecular weight is 418 g/mol. The molecule has 0 radical (unpaired) electrons. The quantitative estimate of drug-likeness (QED) is 0.471. The normalized spacial score (nSPS) is 15.5. The number of pyridine rings is 1. The number of aromatic amines is 1. The van der Waals surface area contributed by atoms with Gasteiger partial charge >= 0.3 is 5.97 Å². The SMILES string of the molecule is CC(C)Oc1ccc(-c2nc(-c3ccc4[nH]c5c(c4c3)CCC5CC(=O)O)no2)cn1. The summed E-state index contributed by atoms with van der Waals surface area (Å²) in [5, 5.41) is 14.4. The van der Waals surface area contributed by atoms with E-state index < -0.39 is 5.97 Å². The number of hydrogen-bond donors (Lipinski definition) is 2. The Hall–Kier alpha value is -3.68. The number of nitrogens with zero attached hydrogens (tertiary/aromatic N) is 3. The predicted octanol–water partition coefficient (Wildman–Crippen LogP) is 4.57. The largest absolute Gasteiger partial charge is 0.481 e. The molecular formula is C23H22N4O4. The van der Waals surface area contributed by atoms with Crippen LogP contribution < -0.4 is 4.74 Å². The number of aryl methyl sites for hydroxylation is 1. The standard InChI is InChI=1S/C23H22N4O4/c1-12(2)30-19-8-5-15(11-24-19)23-26-22(27-31-23)14-4-7-18-17(9-14)16-6-3-13(10-20(28)29)21(16)25-18/h4-5,7-9,11-13,25H,3,6,10H2,1-2H3,(H,28,29). The summed E-state index contributed by atoms with van der Waals surface area (Å²) in [6.45, 7) is 3.89. The number of carboxylic acid groups (broad SMARTS) is 1. The summed E-state index contributed by atoms with van der Waals surface area (Å²) in [6.07, 6.45) is 3.57. The van der Waals surface area contributed by atoms with E-state index in [1.807, 2.05) is 38.1 Å². The highest BCUT2D eigenvalue weighted by atomic mass is 16.5. The molecular weight excluding hydrogens is 396 g/mol. The Morgan fingerprint density at radius 3 is 2.87 bits per heavy atom. The van der Waals surface area contributed by atoms with Gasteiger partial charge in [-0.2, -0.15) is 4.98 Å². The molecule has 31 heavy (non-hydrogen) atoms. The maximum absolute atomic E-state index is 11.2. The number of rotatable bonds is 6. The number of carboxylic acids is 1. The van der Waals surface area contributed by atoms with Crippen LogP contribution in [-0.2, 0) is 11.2 Å². The van der Waals surface area contributed by atoms with Crippen LogP contribution in [0.2, 0.25) is 0 Å². The minimum absolute atomic E-state index is 0.0373. The summed E-state index contributed by atoms with van der Waals surface area (Å²) in [4.78, 5) is 23.4. The Morgan fingerprint density at radius 2 is 2.13 bits per heavy atom. The molecule has 8 nitrogen and oxygen atoms in total. The highest BCUT2D eigenvalue weighted by molar-refractivity contribution is 5.89. The summed E-state index contributed by atoms with van der Waals surface area (Å²) >= 11 is 0. The molecule has 2 N–H and O–H groups in total. The van der Waals surface area contributed by atoms with E-state index in [9.17, 15) is 4.79 Å².